The van der Waals surface area contributed by atoms with Crippen molar-refractivity contribution >= 4 is 22.8 Å². The molecule has 1 aromatic carbocycles. The number of hydrogen-bond acceptors (Lipinski definition) is 4. The predicted octanol–water partition coefficient (Wildman–Crippen LogP) is 3.11. The lowest BCUT2D eigenvalue weighted by Crippen LogP contribution is -2.28. The highest BCUT2D eigenvalue weighted by Crippen LogP contribution is 2.39. The van der Waals surface area contributed by atoms with E-state index in [2.05, 4.69) is 20.3 Å². The van der Waals surface area contributed by atoms with Gasteiger partial charge < -0.3 is 25.7 Å². The molecule has 0 unspecified atom stereocenters. The molecule has 3 aromatic rings. The standard InChI is InChI=1S/C20H21F3N6O2/c1-25-19(24)28-18(30)15-7-13-14(20(21,22)23)4-5-16(17(13)27-15)31-12-6-11(8-26-9-12)10-29(2)3/h4-9,27H,10H2,1-3H3,(H3,24,25,28,30). The maximum Gasteiger partial charge on any atom is 0.417 e. The number of aliphatic imine (C=N–C) groups is 1. The highest BCUT2D eigenvalue weighted by atomic mass is 19.4. The summed E-state index contributed by atoms with van der Waals surface area (Å²) in [4.78, 5) is 24.6. The van der Waals surface area contributed by atoms with Gasteiger partial charge in [-0.15, -0.1) is 0 Å². The first-order valence-corrected chi connectivity index (χ1v) is 9.14. The molecule has 8 nitrogen and oxygen atoms in total. The van der Waals surface area contributed by atoms with Crippen LogP contribution in [0.5, 0.6) is 11.5 Å². The Bertz CT molecular complexity index is 1140. The number of pyridine rings is 1. The number of aromatic amines is 1. The number of fused-ring (bicyclic) bond motifs is 1. The lowest BCUT2D eigenvalue weighted by atomic mass is 10.1. The van der Waals surface area contributed by atoms with Crippen LogP contribution >= 0.6 is 0 Å². The van der Waals surface area contributed by atoms with Gasteiger partial charge in [0.15, 0.2) is 11.7 Å². The Balaban J connectivity index is 2.07. The monoisotopic (exact) mass is 434 g/mol. The molecular formula is C20H21F3N6O2. The Hall–Kier alpha value is -3.60. The van der Waals surface area contributed by atoms with Gasteiger partial charge in [0, 0.05) is 25.2 Å². The molecule has 164 valence electrons. The molecule has 1 amide bonds. The van der Waals surface area contributed by atoms with Crippen LogP contribution in [0.1, 0.15) is 21.6 Å². The van der Waals surface area contributed by atoms with E-state index in [-0.39, 0.29) is 28.3 Å². The molecule has 0 saturated carbocycles. The Labute approximate surface area is 175 Å². The molecule has 0 fully saturated rings. The summed E-state index contributed by atoms with van der Waals surface area (Å²) in [6, 6.07) is 4.92. The summed E-state index contributed by atoms with van der Waals surface area (Å²) in [5.41, 5.74) is 5.28. The number of aromatic nitrogens is 2. The fourth-order valence-corrected chi connectivity index (χ4v) is 2.96. The molecule has 0 radical (unpaired) electrons. The maximum atomic E-state index is 13.5. The lowest BCUT2D eigenvalue weighted by Gasteiger charge is -2.13. The zero-order valence-electron chi connectivity index (χ0n) is 17.0. The molecule has 31 heavy (non-hydrogen) atoms. The van der Waals surface area contributed by atoms with Crippen LogP contribution in [0, 0.1) is 0 Å². The van der Waals surface area contributed by atoms with Crippen LogP contribution in [0.2, 0.25) is 0 Å². The molecular weight excluding hydrogens is 413 g/mol. The van der Waals surface area contributed by atoms with Crippen molar-refractivity contribution in [1.29, 1.82) is 0 Å². The lowest BCUT2D eigenvalue weighted by molar-refractivity contribution is -0.136. The van der Waals surface area contributed by atoms with E-state index in [9.17, 15) is 18.0 Å². The minimum Gasteiger partial charge on any atom is -0.454 e. The van der Waals surface area contributed by atoms with Gasteiger partial charge >= 0.3 is 6.18 Å². The third kappa shape index (κ3) is 5.12. The van der Waals surface area contributed by atoms with Crippen molar-refractivity contribution < 1.29 is 22.7 Å². The molecule has 2 aromatic heterocycles. The zero-order valence-corrected chi connectivity index (χ0v) is 17.0. The van der Waals surface area contributed by atoms with Crippen LogP contribution in [-0.2, 0) is 12.7 Å². The Morgan fingerprint density at radius 3 is 2.68 bits per heavy atom. The van der Waals surface area contributed by atoms with E-state index in [1.807, 2.05) is 19.0 Å². The number of carbonyl (C=O) groups excluding carboxylic acids is 1. The average Bonchev–Trinajstić information content (AvgIpc) is 3.12. The highest BCUT2D eigenvalue weighted by molar-refractivity contribution is 6.05. The van der Waals surface area contributed by atoms with E-state index >= 15 is 0 Å². The maximum absolute atomic E-state index is 13.5. The molecule has 0 aliphatic heterocycles. The van der Waals surface area contributed by atoms with Crippen LogP contribution in [0.25, 0.3) is 10.9 Å². The van der Waals surface area contributed by atoms with Gasteiger partial charge in [-0.2, -0.15) is 18.2 Å². The third-order valence-electron chi connectivity index (χ3n) is 4.27. The van der Waals surface area contributed by atoms with Crippen molar-refractivity contribution in [3.05, 3.63) is 53.5 Å². The Morgan fingerprint density at radius 1 is 1.29 bits per heavy atom. The third-order valence-corrected chi connectivity index (χ3v) is 4.27. The number of nitrogens with zero attached hydrogens (tertiary/aromatic N) is 3. The van der Waals surface area contributed by atoms with Crippen LogP contribution in [0.3, 0.4) is 0 Å². The molecule has 11 heteroatoms. The van der Waals surface area contributed by atoms with Crippen LogP contribution < -0.4 is 15.8 Å². The van der Waals surface area contributed by atoms with Crippen LogP contribution in [0.4, 0.5) is 13.2 Å². The summed E-state index contributed by atoms with van der Waals surface area (Å²) in [7, 11) is 5.25. The molecule has 3 rings (SSSR count). The number of nitrogens with one attached hydrogen (secondary N) is 2. The van der Waals surface area contributed by atoms with Gasteiger partial charge in [-0.25, -0.2) is 0 Å². The highest BCUT2D eigenvalue weighted by Gasteiger charge is 2.34. The van der Waals surface area contributed by atoms with Crippen LogP contribution in [-0.4, -0.2) is 47.9 Å². The summed E-state index contributed by atoms with van der Waals surface area (Å²) < 4.78 is 46.4. The van der Waals surface area contributed by atoms with Gasteiger partial charge in [-0.3, -0.25) is 9.78 Å². The van der Waals surface area contributed by atoms with E-state index in [1.54, 1.807) is 12.3 Å². The molecule has 0 aliphatic rings. The molecule has 2 heterocycles. The van der Waals surface area contributed by atoms with E-state index < -0.39 is 17.6 Å². The summed E-state index contributed by atoms with van der Waals surface area (Å²) in [6.45, 7) is 0.610. The first kappa shape index (κ1) is 22.1. The number of amides is 1. The fourth-order valence-electron chi connectivity index (χ4n) is 2.96. The largest absolute Gasteiger partial charge is 0.454 e. The second-order valence-corrected chi connectivity index (χ2v) is 7.00. The fraction of sp³-hybridized carbons (Fsp3) is 0.250. The number of halogens is 3. The van der Waals surface area contributed by atoms with Crippen molar-refractivity contribution in [3.63, 3.8) is 0 Å². The van der Waals surface area contributed by atoms with Gasteiger partial charge in [-0.1, -0.05) is 0 Å². The van der Waals surface area contributed by atoms with E-state index in [4.69, 9.17) is 10.5 Å². The molecule has 0 bridgehead atoms. The molecule has 0 saturated heterocycles. The van der Waals surface area contributed by atoms with Crippen molar-refractivity contribution in [2.24, 2.45) is 10.7 Å². The summed E-state index contributed by atoms with van der Waals surface area (Å²) in [5.74, 6) is -0.534. The van der Waals surface area contributed by atoms with Gasteiger partial charge in [0.2, 0.25) is 0 Å². The van der Waals surface area contributed by atoms with Crippen molar-refractivity contribution in [2.45, 2.75) is 12.7 Å². The molecule has 0 atom stereocenters. The Kier molecular flexibility index (Phi) is 6.16. The number of alkyl halides is 3. The summed E-state index contributed by atoms with van der Waals surface area (Å²) in [6.07, 6.45) is -1.50. The summed E-state index contributed by atoms with van der Waals surface area (Å²) >= 11 is 0. The number of hydrogen-bond donors (Lipinski definition) is 3. The van der Waals surface area contributed by atoms with E-state index in [0.29, 0.717) is 12.3 Å². The minimum atomic E-state index is -4.63. The van der Waals surface area contributed by atoms with Crippen LogP contribution in [0.15, 0.2) is 41.7 Å². The number of nitrogens with two attached hydrogens (primary N) is 1. The zero-order chi connectivity index (χ0) is 22.8. The number of ether oxygens (including phenoxy) is 1. The molecule has 0 spiro atoms. The van der Waals surface area contributed by atoms with Crippen molar-refractivity contribution in [2.75, 3.05) is 21.1 Å². The number of carbonyl (C=O) groups is 1. The topological polar surface area (TPSA) is 109 Å². The summed E-state index contributed by atoms with van der Waals surface area (Å²) in [5, 5.41) is 2.26. The van der Waals surface area contributed by atoms with Gasteiger partial charge in [0.25, 0.3) is 5.91 Å². The van der Waals surface area contributed by atoms with E-state index in [0.717, 1.165) is 17.7 Å². The van der Waals surface area contributed by atoms with Crippen molar-refractivity contribution in [1.82, 2.24) is 20.2 Å². The molecule has 0 aliphatic carbocycles. The predicted molar refractivity (Wildman–Crippen MR) is 110 cm³/mol. The van der Waals surface area contributed by atoms with Gasteiger partial charge in [-0.05, 0) is 43.9 Å². The van der Waals surface area contributed by atoms with Gasteiger partial charge in [0.05, 0.1) is 17.3 Å². The second-order valence-electron chi connectivity index (χ2n) is 7.00. The molecule has 4 N–H and O–H groups in total. The normalized spacial score (nSPS) is 12.4. The van der Waals surface area contributed by atoms with Gasteiger partial charge in [0.1, 0.15) is 11.4 Å². The first-order valence-electron chi connectivity index (χ1n) is 9.14. The number of benzene rings is 1. The minimum absolute atomic E-state index is 0.00872. The number of H-pyrrole nitrogens is 1. The smallest absolute Gasteiger partial charge is 0.417 e. The SMILES string of the molecule is CNC(N)=NC(=O)c1cc2c(C(F)(F)F)ccc(Oc3cncc(CN(C)C)c3)c2[nH]1. The van der Waals surface area contributed by atoms with E-state index in [1.165, 1.54) is 19.3 Å². The first-order chi connectivity index (χ1) is 14.6. The second kappa shape index (κ2) is 8.64. The number of guanidine groups is 1. The quantitative estimate of drug-likeness (QED) is 0.421. The Morgan fingerprint density at radius 2 is 2.03 bits per heavy atom. The average molecular weight is 434 g/mol. The van der Waals surface area contributed by atoms with Crippen molar-refractivity contribution in [3.8, 4) is 11.5 Å². The number of rotatable bonds is 5.